The summed E-state index contributed by atoms with van der Waals surface area (Å²) in [6.07, 6.45) is -2.39. The van der Waals surface area contributed by atoms with E-state index >= 15 is 0 Å². The van der Waals surface area contributed by atoms with Gasteiger partial charge in [-0.05, 0) is 74.7 Å². The molecule has 3 atom stereocenters. The van der Waals surface area contributed by atoms with Gasteiger partial charge < -0.3 is 20.2 Å². The predicted octanol–water partition coefficient (Wildman–Crippen LogP) is 4.14. The number of nitrogens with zero attached hydrogens (tertiary/aromatic N) is 2. The number of benzene rings is 1. The van der Waals surface area contributed by atoms with Gasteiger partial charge in [-0.25, -0.2) is 0 Å². The summed E-state index contributed by atoms with van der Waals surface area (Å²) in [6, 6.07) is 3.41. The van der Waals surface area contributed by atoms with E-state index in [0.29, 0.717) is 30.1 Å². The lowest BCUT2D eigenvalue weighted by Gasteiger charge is -2.46. The van der Waals surface area contributed by atoms with E-state index in [2.05, 4.69) is 5.32 Å². The van der Waals surface area contributed by atoms with Gasteiger partial charge in [0.1, 0.15) is 0 Å². The molecule has 0 saturated carbocycles. The van der Waals surface area contributed by atoms with Gasteiger partial charge in [0.25, 0.3) is 5.91 Å². The number of carbonyl (C=O) groups excluding carboxylic acids is 2. The Morgan fingerprint density at radius 1 is 1.14 bits per heavy atom. The van der Waals surface area contributed by atoms with Crippen LogP contribution in [-0.4, -0.2) is 73.2 Å². The first-order valence-corrected chi connectivity index (χ1v) is 12.5. The van der Waals surface area contributed by atoms with Crippen molar-refractivity contribution < 1.29 is 27.9 Å². The van der Waals surface area contributed by atoms with Crippen LogP contribution >= 0.6 is 11.6 Å². The maximum Gasteiger partial charge on any atom is 0.424 e. The van der Waals surface area contributed by atoms with Crippen molar-refractivity contribution in [1.29, 1.82) is 0 Å². The van der Waals surface area contributed by atoms with Crippen molar-refractivity contribution in [2.24, 2.45) is 17.8 Å². The lowest BCUT2D eigenvalue weighted by Crippen LogP contribution is -2.63. The van der Waals surface area contributed by atoms with Crippen molar-refractivity contribution in [3.63, 3.8) is 0 Å². The molecule has 1 aromatic carbocycles. The van der Waals surface area contributed by atoms with Crippen LogP contribution in [-0.2, 0) is 4.79 Å². The number of nitrogens with one attached hydrogen (secondary N) is 1. The van der Waals surface area contributed by atoms with Crippen LogP contribution in [0.15, 0.2) is 18.2 Å². The van der Waals surface area contributed by atoms with Crippen LogP contribution < -0.4 is 10.2 Å². The summed E-state index contributed by atoms with van der Waals surface area (Å²) in [6.45, 7) is 4.43. The van der Waals surface area contributed by atoms with E-state index in [0.717, 1.165) is 25.9 Å². The molecule has 10 heteroatoms. The summed E-state index contributed by atoms with van der Waals surface area (Å²) in [4.78, 5) is 28.9. The minimum Gasteiger partial charge on any atom is -0.374 e. The summed E-state index contributed by atoms with van der Waals surface area (Å²) in [5, 5.41) is 14.2. The van der Waals surface area contributed by atoms with Gasteiger partial charge >= 0.3 is 6.18 Å². The number of carbonyl (C=O) groups is 2. The van der Waals surface area contributed by atoms with E-state index in [-0.39, 0.29) is 23.3 Å². The number of aliphatic hydroxyl groups is 1. The third-order valence-electron chi connectivity index (χ3n) is 7.55. The summed E-state index contributed by atoms with van der Waals surface area (Å²) in [5.74, 6) is -2.49. The van der Waals surface area contributed by atoms with Gasteiger partial charge in [-0.15, -0.1) is 0 Å². The number of rotatable bonds is 6. The number of anilines is 1. The highest BCUT2D eigenvalue weighted by Crippen LogP contribution is 2.44. The van der Waals surface area contributed by atoms with Gasteiger partial charge in [0, 0.05) is 26.2 Å². The van der Waals surface area contributed by atoms with Crippen molar-refractivity contribution in [2.45, 2.75) is 57.3 Å². The Morgan fingerprint density at radius 3 is 2.29 bits per heavy atom. The molecule has 2 aliphatic rings. The molecule has 6 nitrogen and oxygen atoms in total. The normalized spacial score (nSPS) is 23.8. The fourth-order valence-corrected chi connectivity index (χ4v) is 5.70. The molecule has 2 N–H and O–H groups in total. The van der Waals surface area contributed by atoms with E-state index in [4.69, 9.17) is 11.6 Å². The lowest BCUT2D eigenvalue weighted by molar-refractivity contribution is -0.264. The maximum atomic E-state index is 14.1. The monoisotopic (exact) mass is 517 g/mol. The topological polar surface area (TPSA) is 72.9 Å². The van der Waals surface area contributed by atoms with Gasteiger partial charge in [0.2, 0.25) is 5.60 Å². The zero-order valence-electron chi connectivity index (χ0n) is 20.7. The summed E-state index contributed by atoms with van der Waals surface area (Å²) >= 11 is 6.52. The summed E-state index contributed by atoms with van der Waals surface area (Å²) in [5.41, 5.74) is -2.75. The van der Waals surface area contributed by atoms with E-state index in [9.17, 15) is 27.9 Å². The number of piperidine rings is 2. The van der Waals surface area contributed by atoms with Gasteiger partial charge in [0.05, 0.1) is 16.8 Å². The zero-order chi connectivity index (χ0) is 26.1. The minimum atomic E-state index is -5.11. The second-order valence-corrected chi connectivity index (χ2v) is 10.6. The molecular weight excluding hydrogens is 483 g/mol. The molecule has 1 aromatic rings. The Balaban J connectivity index is 2.01. The third kappa shape index (κ3) is 5.47. The molecule has 0 bridgehead atoms. The van der Waals surface area contributed by atoms with Crippen molar-refractivity contribution in [1.82, 2.24) is 10.2 Å². The predicted molar refractivity (Wildman–Crippen MR) is 130 cm³/mol. The molecule has 1 amide bonds. The molecule has 2 fully saturated rings. The number of ketones is 1. The molecule has 0 spiro atoms. The van der Waals surface area contributed by atoms with Crippen LogP contribution in [0.1, 0.15) is 49.9 Å². The quantitative estimate of drug-likeness (QED) is 0.593. The molecule has 2 heterocycles. The first-order chi connectivity index (χ1) is 16.3. The zero-order valence-corrected chi connectivity index (χ0v) is 21.4. The average Bonchev–Trinajstić information content (AvgIpc) is 2.81. The minimum absolute atomic E-state index is 0.0697. The number of alkyl halides is 3. The molecule has 0 aliphatic carbocycles. The van der Waals surface area contributed by atoms with Crippen LogP contribution in [0.25, 0.3) is 0 Å². The molecule has 35 heavy (non-hydrogen) atoms. The Bertz CT molecular complexity index is 934. The van der Waals surface area contributed by atoms with Gasteiger partial charge in [-0.3, -0.25) is 9.59 Å². The van der Waals surface area contributed by atoms with E-state index in [1.54, 1.807) is 31.1 Å². The Morgan fingerprint density at radius 2 is 1.77 bits per heavy atom. The van der Waals surface area contributed by atoms with Gasteiger partial charge in [0.15, 0.2) is 5.78 Å². The highest BCUT2D eigenvalue weighted by atomic mass is 35.5. The fraction of sp³-hybridized carbons (Fsp3) is 0.680. The second kappa shape index (κ2) is 10.6. The van der Waals surface area contributed by atoms with E-state index in [1.807, 2.05) is 0 Å². The Labute approximate surface area is 209 Å². The molecular formula is C25H35ClF3N3O3. The molecule has 0 radical (unpaired) electrons. The largest absolute Gasteiger partial charge is 0.424 e. The van der Waals surface area contributed by atoms with Crippen LogP contribution in [0.3, 0.4) is 0 Å². The first-order valence-electron chi connectivity index (χ1n) is 12.1. The van der Waals surface area contributed by atoms with Crippen molar-refractivity contribution in [2.75, 3.05) is 38.6 Å². The third-order valence-corrected chi connectivity index (χ3v) is 7.85. The Hall–Kier alpha value is -1.84. The van der Waals surface area contributed by atoms with Crippen LogP contribution in [0.4, 0.5) is 18.9 Å². The summed E-state index contributed by atoms with van der Waals surface area (Å²) in [7, 11) is 3.21. The maximum absolute atomic E-state index is 14.1. The standard InChI is InChI=1S/C25H35ClF3N3O3/c1-15(2)24(35,25(27,28)29)22(33)21-14-17(16-7-10-30-11-8-16)9-12-32(21)20-6-5-18(13-19(20)26)23(34)31(3)4/h5-6,13,15-17,21,30,35H,7-12,14H2,1-4H3. The molecule has 196 valence electrons. The van der Waals surface area contributed by atoms with Crippen LogP contribution in [0.5, 0.6) is 0 Å². The van der Waals surface area contributed by atoms with Crippen LogP contribution in [0, 0.1) is 17.8 Å². The number of hydrogen-bond donors (Lipinski definition) is 2. The number of Topliss-reactive ketones (excluding diaryl/α,β-unsaturated/α-hetero) is 1. The summed E-state index contributed by atoms with van der Waals surface area (Å²) < 4.78 is 42.2. The van der Waals surface area contributed by atoms with E-state index in [1.165, 1.54) is 24.8 Å². The van der Waals surface area contributed by atoms with Crippen LogP contribution in [0.2, 0.25) is 5.02 Å². The molecule has 3 rings (SSSR count). The Kier molecular flexibility index (Phi) is 8.44. The SMILES string of the molecule is CC(C)C(O)(C(=O)C1CC(C2CCNCC2)CCN1c1ccc(C(=O)N(C)C)cc1Cl)C(F)(F)F. The highest BCUT2D eigenvalue weighted by Gasteiger charge is 2.63. The smallest absolute Gasteiger partial charge is 0.374 e. The molecule has 0 aromatic heterocycles. The highest BCUT2D eigenvalue weighted by molar-refractivity contribution is 6.33. The van der Waals surface area contributed by atoms with Gasteiger partial charge in [-0.1, -0.05) is 25.4 Å². The first kappa shape index (κ1) is 27.7. The fourth-order valence-electron chi connectivity index (χ4n) is 5.41. The van der Waals surface area contributed by atoms with E-state index < -0.39 is 29.5 Å². The van der Waals surface area contributed by atoms with Crippen molar-refractivity contribution in [3.8, 4) is 0 Å². The second-order valence-electron chi connectivity index (χ2n) is 10.2. The number of halogens is 4. The number of hydrogen-bond acceptors (Lipinski definition) is 5. The lowest BCUT2D eigenvalue weighted by atomic mass is 9.72. The van der Waals surface area contributed by atoms with Crippen molar-refractivity contribution in [3.05, 3.63) is 28.8 Å². The number of amides is 1. The van der Waals surface area contributed by atoms with Gasteiger partial charge in [-0.2, -0.15) is 13.2 Å². The molecule has 2 saturated heterocycles. The van der Waals surface area contributed by atoms with Crippen molar-refractivity contribution >= 4 is 29.0 Å². The average molecular weight is 518 g/mol. The molecule has 3 unspecified atom stereocenters. The molecule has 2 aliphatic heterocycles.